The Labute approximate surface area is 161 Å². The fourth-order valence-corrected chi connectivity index (χ4v) is 4.29. The summed E-state index contributed by atoms with van der Waals surface area (Å²) in [6.45, 7) is 1.21. The molecule has 0 radical (unpaired) electrons. The third kappa shape index (κ3) is 3.21. The maximum absolute atomic E-state index is 14.9. The van der Waals surface area contributed by atoms with Gasteiger partial charge in [0.15, 0.2) is 11.7 Å². The maximum Gasteiger partial charge on any atom is 0.215 e. The Balaban J connectivity index is 1.55. The number of halogens is 3. The van der Waals surface area contributed by atoms with Crippen molar-refractivity contribution in [1.29, 1.82) is 0 Å². The average molecular weight is 400 g/mol. The molecule has 3 heterocycles. The third-order valence-corrected chi connectivity index (χ3v) is 6.14. The number of nitrogens with one attached hydrogen (secondary N) is 2. The molecule has 0 aromatic carbocycles. The smallest absolute Gasteiger partial charge is 0.215 e. The van der Waals surface area contributed by atoms with E-state index in [-0.39, 0.29) is 11.0 Å². The van der Waals surface area contributed by atoms with Crippen LogP contribution in [0.15, 0.2) is 23.2 Å². The van der Waals surface area contributed by atoms with Crippen molar-refractivity contribution in [2.45, 2.75) is 49.7 Å². The molecule has 1 saturated heterocycles. The zero-order valence-corrected chi connectivity index (χ0v) is 15.9. The summed E-state index contributed by atoms with van der Waals surface area (Å²) >= 11 is 6.51. The van der Waals surface area contributed by atoms with Crippen LogP contribution in [0.4, 0.5) is 8.78 Å². The fourth-order valence-electron chi connectivity index (χ4n) is 3.93. The molecule has 7 nitrogen and oxygen atoms in total. The minimum atomic E-state index is -1.47. The topological polar surface area (TPSA) is 83.5 Å². The molecule has 1 aromatic rings. The van der Waals surface area contributed by atoms with Gasteiger partial charge in [-0.15, -0.1) is 0 Å². The zero-order valence-electron chi connectivity index (χ0n) is 15.1. The summed E-state index contributed by atoms with van der Waals surface area (Å²) in [5.74, 6) is -2.02. The van der Waals surface area contributed by atoms with Crippen molar-refractivity contribution in [3.8, 4) is 0 Å². The quantitative estimate of drug-likeness (QED) is 0.721. The van der Waals surface area contributed by atoms with Crippen molar-refractivity contribution in [2.75, 3.05) is 20.1 Å². The average Bonchev–Trinajstić information content (AvgIpc) is 2.98. The van der Waals surface area contributed by atoms with E-state index in [2.05, 4.69) is 25.6 Å². The molecule has 0 spiro atoms. The molecule has 148 valence electrons. The Bertz CT molecular complexity index is 775. The summed E-state index contributed by atoms with van der Waals surface area (Å²) < 4.78 is 30.1. The van der Waals surface area contributed by atoms with Gasteiger partial charge in [-0.1, -0.05) is 18.0 Å². The van der Waals surface area contributed by atoms with Gasteiger partial charge in [-0.3, -0.25) is 10.6 Å². The molecule has 27 heavy (non-hydrogen) atoms. The first kappa shape index (κ1) is 18.6. The van der Waals surface area contributed by atoms with Gasteiger partial charge in [-0.25, -0.2) is 18.5 Å². The Morgan fingerprint density at radius 2 is 2.19 bits per heavy atom. The Morgan fingerprint density at radius 1 is 1.41 bits per heavy atom. The first-order valence-corrected chi connectivity index (χ1v) is 9.62. The van der Waals surface area contributed by atoms with Gasteiger partial charge < -0.3 is 10.6 Å². The largest absolute Gasteiger partial charge is 0.371 e. The number of hydrogen-bond donors (Lipinski definition) is 3. The SMILES string of the molecule is CNC1=NC(N)(c2cnn([C@@H]3CCN(C4CCC4)C[C@H]3F)c2Cl)NC=C1F. The second-order valence-electron chi connectivity index (χ2n) is 7.36. The summed E-state index contributed by atoms with van der Waals surface area (Å²) in [6, 6.07) is 0.0670. The predicted molar refractivity (Wildman–Crippen MR) is 99.7 cm³/mol. The first-order chi connectivity index (χ1) is 12.9. The number of amidine groups is 1. The molecule has 2 aliphatic heterocycles. The summed E-state index contributed by atoms with van der Waals surface area (Å²) in [5.41, 5.74) is 6.65. The number of rotatable bonds is 3. The molecule has 1 saturated carbocycles. The molecule has 1 aromatic heterocycles. The van der Waals surface area contributed by atoms with E-state index in [1.54, 1.807) is 7.05 Å². The van der Waals surface area contributed by atoms with Crippen LogP contribution in [0.3, 0.4) is 0 Å². The van der Waals surface area contributed by atoms with Gasteiger partial charge in [0.2, 0.25) is 5.79 Å². The highest BCUT2D eigenvalue weighted by molar-refractivity contribution is 6.30. The number of piperidine rings is 1. The molecular weight excluding hydrogens is 376 g/mol. The van der Waals surface area contributed by atoms with Crippen molar-refractivity contribution in [3.05, 3.63) is 28.9 Å². The number of hydrogen-bond acceptors (Lipinski definition) is 6. The number of nitrogens with zero attached hydrogens (tertiary/aromatic N) is 4. The van der Waals surface area contributed by atoms with Gasteiger partial charge in [0, 0.05) is 32.4 Å². The molecule has 2 fully saturated rings. The normalized spacial score (nSPS) is 32.3. The van der Waals surface area contributed by atoms with E-state index in [4.69, 9.17) is 17.3 Å². The second kappa shape index (κ2) is 7.03. The summed E-state index contributed by atoms with van der Waals surface area (Å²) in [4.78, 5) is 6.39. The van der Waals surface area contributed by atoms with Crippen LogP contribution in [0.5, 0.6) is 0 Å². The van der Waals surface area contributed by atoms with E-state index in [0.29, 0.717) is 24.6 Å². The lowest BCUT2D eigenvalue weighted by Crippen LogP contribution is -2.51. The molecule has 4 rings (SSSR count). The Morgan fingerprint density at radius 3 is 2.81 bits per heavy atom. The molecule has 1 aliphatic carbocycles. The number of alkyl halides is 1. The molecule has 4 N–H and O–H groups in total. The van der Waals surface area contributed by atoms with Crippen LogP contribution in [0.1, 0.15) is 37.3 Å². The van der Waals surface area contributed by atoms with E-state index in [1.165, 1.54) is 17.3 Å². The van der Waals surface area contributed by atoms with Crippen LogP contribution in [-0.2, 0) is 5.79 Å². The summed E-state index contributed by atoms with van der Waals surface area (Å²) in [7, 11) is 1.55. The minimum absolute atomic E-state index is 0.0113. The maximum atomic E-state index is 14.9. The van der Waals surface area contributed by atoms with Gasteiger partial charge >= 0.3 is 0 Å². The monoisotopic (exact) mass is 399 g/mol. The van der Waals surface area contributed by atoms with Gasteiger partial charge in [0.1, 0.15) is 11.3 Å². The van der Waals surface area contributed by atoms with E-state index in [1.807, 2.05) is 0 Å². The molecule has 10 heteroatoms. The standard InChI is InChI=1S/C17H24ClF2N7/c1-22-16-12(19)8-23-17(21,25-16)11-7-24-27(15(11)18)14-5-6-26(9-13(14)20)10-3-2-4-10/h7-8,10,13-14,23H,2-6,9,21H2,1H3,(H,22,25)/t13-,14-,17?/m1/s1. The van der Waals surface area contributed by atoms with E-state index >= 15 is 0 Å². The van der Waals surface area contributed by atoms with Crippen molar-refractivity contribution in [1.82, 2.24) is 25.3 Å². The predicted octanol–water partition coefficient (Wildman–Crippen LogP) is 1.77. The number of likely N-dealkylation sites (tertiary alicyclic amines) is 1. The van der Waals surface area contributed by atoms with E-state index in [0.717, 1.165) is 25.6 Å². The molecule has 1 unspecified atom stereocenters. The van der Waals surface area contributed by atoms with E-state index < -0.39 is 23.8 Å². The lowest BCUT2D eigenvalue weighted by molar-refractivity contribution is 0.0301. The lowest BCUT2D eigenvalue weighted by atomic mass is 9.89. The molecule has 3 aliphatic rings. The van der Waals surface area contributed by atoms with Gasteiger partial charge in [-0.2, -0.15) is 5.10 Å². The number of nitrogens with two attached hydrogens (primary N) is 1. The highest BCUT2D eigenvalue weighted by Gasteiger charge is 2.39. The molecular formula is C17H24ClF2N7. The highest BCUT2D eigenvalue weighted by Crippen LogP contribution is 2.36. The van der Waals surface area contributed by atoms with Crippen molar-refractivity contribution < 1.29 is 8.78 Å². The van der Waals surface area contributed by atoms with Gasteiger partial charge in [-0.05, 0) is 19.3 Å². The van der Waals surface area contributed by atoms with Crippen LogP contribution in [0.25, 0.3) is 0 Å². The molecule has 0 amide bonds. The van der Waals surface area contributed by atoms with Crippen LogP contribution in [0.2, 0.25) is 5.15 Å². The molecule has 0 bridgehead atoms. The summed E-state index contributed by atoms with van der Waals surface area (Å²) in [6.07, 6.45) is 5.69. The van der Waals surface area contributed by atoms with Gasteiger partial charge in [0.25, 0.3) is 0 Å². The zero-order chi connectivity index (χ0) is 19.2. The van der Waals surface area contributed by atoms with E-state index in [9.17, 15) is 8.78 Å². The van der Waals surface area contributed by atoms with Crippen molar-refractivity contribution in [2.24, 2.45) is 10.7 Å². The Kier molecular flexibility index (Phi) is 4.85. The number of aliphatic imine (C=N–C) groups is 1. The molecule has 3 atom stereocenters. The number of aromatic nitrogens is 2. The third-order valence-electron chi connectivity index (χ3n) is 5.76. The van der Waals surface area contributed by atoms with Crippen molar-refractivity contribution in [3.63, 3.8) is 0 Å². The van der Waals surface area contributed by atoms with Crippen molar-refractivity contribution >= 4 is 17.4 Å². The minimum Gasteiger partial charge on any atom is -0.371 e. The lowest BCUT2D eigenvalue weighted by Gasteiger charge is -2.43. The highest BCUT2D eigenvalue weighted by atomic mass is 35.5. The van der Waals surface area contributed by atoms with Crippen LogP contribution in [-0.4, -0.2) is 52.9 Å². The Hall–Kier alpha value is -1.71. The summed E-state index contributed by atoms with van der Waals surface area (Å²) in [5, 5.41) is 9.86. The van der Waals surface area contributed by atoms with Gasteiger partial charge in [0.05, 0.1) is 17.8 Å². The second-order valence-corrected chi connectivity index (χ2v) is 7.72. The van der Waals surface area contributed by atoms with Crippen LogP contribution >= 0.6 is 11.6 Å². The number of likely N-dealkylation sites (N-methyl/N-ethyl adjacent to an activating group) is 1. The van der Waals surface area contributed by atoms with Crippen LogP contribution < -0.4 is 16.4 Å². The van der Waals surface area contributed by atoms with Crippen LogP contribution in [0, 0.1) is 0 Å². The first-order valence-electron chi connectivity index (χ1n) is 9.25. The fraction of sp³-hybridized carbons (Fsp3) is 0.647.